The Morgan fingerprint density at radius 2 is 1.96 bits per heavy atom. The summed E-state index contributed by atoms with van der Waals surface area (Å²) in [7, 11) is 1.56. The molecule has 120 valence electrons. The lowest BCUT2D eigenvalue weighted by atomic mass is 10.0. The Hall–Kier alpha value is -2.56. The van der Waals surface area contributed by atoms with Crippen molar-refractivity contribution in [2.24, 2.45) is 0 Å². The molecule has 1 N–H and O–H groups in total. The van der Waals surface area contributed by atoms with E-state index >= 15 is 0 Å². The second-order valence-corrected chi connectivity index (χ2v) is 5.50. The van der Waals surface area contributed by atoms with Gasteiger partial charge in [0.1, 0.15) is 11.6 Å². The molecule has 2 amide bonds. The summed E-state index contributed by atoms with van der Waals surface area (Å²) in [5.74, 6) is 0.331. The van der Waals surface area contributed by atoms with Crippen LogP contribution in [0, 0.1) is 5.82 Å². The number of hydrogen-bond donors (Lipinski definition) is 1. The maximum Gasteiger partial charge on any atom is 0.322 e. The lowest BCUT2D eigenvalue weighted by Gasteiger charge is -2.26. The van der Waals surface area contributed by atoms with Crippen LogP contribution in [0.5, 0.6) is 5.75 Å². The Morgan fingerprint density at radius 3 is 2.74 bits per heavy atom. The highest BCUT2D eigenvalue weighted by Crippen LogP contribution is 2.34. The molecule has 0 bridgehead atoms. The van der Waals surface area contributed by atoms with Crippen LogP contribution in [0.2, 0.25) is 0 Å². The largest absolute Gasteiger partial charge is 0.495 e. The zero-order chi connectivity index (χ0) is 16.2. The summed E-state index contributed by atoms with van der Waals surface area (Å²) in [4.78, 5) is 14.3. The molecule has 1 saturated heterocycles. The zero-order valence-corrected chi connectivity index (χ0v) is 13.0. The first-order chi connectivity index (χ1) is 11.2. The highest BCUT2D eigenvalue weighted by atomic mass is 19.1. The van der Waals surface area contributed by atoms with Crippen LogP contribution in [0.25, 0.3) is 0 Å². The number of amides is 2. The van der Waals surface area contributed by atoms with E-state index in [0.717, 1.165) is 12.8 Å². The van der Waals surface area contributed by atoms with Crippen molar-refractivity contribution in [3.8, 4) is 5.75 Å². The van der Waals surface area contributed by atoms with E-state index in [-0.39, 0.29) is 17.9 Å². The SMILES string of the molecule is COc1ccccc1NC(=O)N1CCC[C@@H]1c1ccccc1F. The third-order valence-corrected chi connectivity index (χ3v) is 4.13. The molecule has 0 saturated carbocycles. The number of ether oxygens (including phenoxy) is 1. The fraction of sp³-hybridized carbons (Fsp3) is 0.278. The first-order valence-corrected chi connectivity index (χ1v) is 7.66. The van der Waals surface area contributed by atoms with Gasteiger partial charge in [-0.05, 0) is 31.0 Å². The van der Waals surface area contributed by atoms with E-state index in [2.05, 4.69) is 5.32 Å². The number of carbonyl (C=O) groups excluding carboxylic acids is 1. The van der Waals surface area contributed by atoms with Gasteiger partial charge in [0.15, 0.2) is 0 Å². The summed E-state index contributed by atoms with van der Waals surface area (Å²) >= 11 is 0. The first-order valence-electron chi connectivity index (χ1n) is 7.66. The third-order valence-electron chi connectivity index (χ3n) is 4.13. The lowest BCUT2D eigenvalue weighted by molar-refractivity contribution is 0.206. The number of nitrogens with one attached hydrogen (secondary N) is 1. The second-order valence-electron chi connectivity index (χ2n) is 5.50. The number of carbonyl (C=O) groups is 1. The van der Waals surface area contributed by atoms with Crippen molar-refractivity contribution in [3.63, 3.8) is 0 Å². The predicted molar refractivity (Wildman–Crippen MR) is 87.1 cm³/mol. The predicted octanol–water partition coefficient (Wildman–Crippen LogP) is 4.20. The smallest absolute Gasteiger partial charge is 0.322 e. The number of urea groups is 1. The molecule has 0 aromatic heterocycles. The molecule has 1 heterocycles. The summed E-state index contributed by atoms with van der Waals surface area (Å²) in [5.41, 5.74) is 1.18. The van der Waals surface area contributed by atoms with Gasteiger partial charge in [0.05, 0.1) is 18.8 Å². The molecule has 5 heteroatoms. The minimum atomic E-state index is -0.269. The monoisotopic (exact) mass is 314 g/mol. The van der Waals surface area contributed by atoms with E-state index in [1.165, 1.54) is 6.07 Å². The van der Waals surface area contributed by atoms with Crippen molar-refractivity contribution in [2.45, 2.75) is 18.9 Å². The third kappa shape index (κ3) is 3.13. The number of hydrogen-bond acceptors (Lipinski definition) is 2. The van der Waals surface area contributed by atoms with Gasteiger partial charge in [-0.15, -0.1) is 0 Å². The van der Waals surface area contributed by atoms with Gasteiger partial charge >= 0.3 is 6.03 Å². The standard InChI is InChI=1S/C18H19FN2O2/c1-23-17-11-5-4-9-15(17)20-18(22)21-12-6-10-16(21)13-7-2-3-8-14(13)19/h2-5,7-9,11,16H,6,10,12H2,1H3,(H,20,22)/t16-/m1/s1. The van der Waals surface area contributed by atoms with Crippen molar-refractivity contribution in [2.75, 3.05) is 19.0 Å². The van der Waals surface area contributed by atoms with Crippen LogP contribution in [-0.4, -0.2) is 24.6 Å². The number of halogens is 1. The van der Waals surface area contributed by atoms with Crippen LogP contribution in [0.15, 0.2) is 48.5 Å². The molecular weight excluding hydrogens is 295 g/mol. The van der Waals surface area contributed by atoms with Crippen LogP contribution < -0.4 is 10.1 Å². The number of benzene rings is 2. The van der Waals surface area contributed by atoms with Gasteiger partial charge in [0.25, 0.3) is 0 Å². The van der Waals surface area contributed by atoms with E-state index in [1.54, 1.807) is 42.3 Å². The van der Waals surface area contributed by atoms with Crippen LogP contribution in [0.4, 0.5) is 14.9 Å². The quantitative estimate of drug-likeness (QED) is 0.922. The Bertz CT molecular complexity index is 705. The van der Waals surface area contributed by atoms with Gasteiger partial charge in [-0.2, -0.15) is 0 Å². The Morgan fingerprint density at radius 1 is 1.22 bits per heavy atom. The molecule has 1 atom stereocenters. The van der Waals surface area contributed by atoms with E-state index in [1.807, 2.05) is 12.1 Å². The molecule has 2 aromatic carbocycles. The molecule has 1 aliphatic heterocycles. The fourth-order valence-corrected chi connectivity index (χ4v) is 3.01. The van der Waals surface area contributed by atoms with E-state index in [4.69, 9.17) is 4.74 Å². The molecule has 2 aromatic rings. The van der Waals surface area contributed by atoms with Crippen LogP contribution >= 0.6 is 0 Å². The summed E-state index contributed by atoms with van der Waals surface area (Å²) in [6.45, 7) is 0.611. The molecule has 0 aliphatic carbocycles. The van der Waals surface area contributed by atoms with Gasteiger partial charge < -0.3 is 15.0 Å². The summed E-state index contributed by atoms with van der Waals surface area (Å²) < 4.78 is 19.3. The zero-order valence-electron chi connectivity index (χ0n) is 13.0. The number of anilines is 1. The van der Waals surface area contributed by atoms with E-state index < -0.39 is 0 Å². The highest BCUT2D eigenvalue weighted by Gasteiger charge is 2.31. The average molecular weight is 314 g/mol. The molecule has 1 aliphatic rings. The van der Waals surface area contributed by atoms with Crippen molar-refractivity contribution in [1.29, 1.82) is 0 Å². The van der Waals surface area contributed by atoms with E-state index in [9.17, 15) is 9.18 Å². The van der Waals surface area contributed by atoms with Crippen LogP contribution in [-0.2, 0) is 0 Å². The van der Waals surface area contributed by atoms with Crippen molar-refractivity contribution >= 4 is 11.7 Å². The van der Waals surface area contributed by atoms with Crippen molar-refractivity contribution < 1.29 is 13.9 Å². The summed E-state index contributed by atoms with van der Waals surface area (Å²) in [5, 5.41) is 2.86. The van der Waals surface area contributed by atoms with Gasteiger partial charge in [0.2, 0.25) is 0 Å². The van der Waals surface area contributed by atoms with Crippen LogP contribution in [0.3, 0.4) is 0 Å². The minimum Gasteiger partial charge on any atom is -0.495 e. The van der Waals surface area contributed by atoms with Gasteiger partial charge in [0, 0.05) is 12.1 Å². The first kappa shape index (κ1) is 15.3. The second kappa shape index (κ2) is 6.69. The summed E-state index contributed by atoms with van der Waals surface area (Å²) in [6, 6.07) is 13.4. The average Bonchev–Trinajstić information content (AvgIpc) is 3.05. The van der Waals surface area contributed by atoms with E-state index in [0.29, 0.717) is 23.5 Å². The fourth-order valence-electron chi connectivity index (χ4n) is 3.01. The maximum atomic E-state index is 14.0. The number of para-hydroxylation sites is 2. The normalized spacial score (nSPS) is 17.1. The number of nitrogens with zero attached hydrogens (tertiary/aromatic N) is 1. The topological polar surface area (TPSA) is 41.6 Å². The minimum absolute atomic E-state index is 0.231. The number of methoxy groups -OCH3 is 1. The molecule has 0 unspecified atom stereocenters. The Balaban J connectivity index is 1.80. The molecule has 0 radical (unpaired) electrons. The number of rotatable bonds is 3. The van der Waals surface area contributed by atoms with Crippen molar-refractivity contribution in [3.05, 3.63) is 59.9 Å². The number of likely N-dealkylation sites (tertiary alicyclic amines) is 1. The molecule has 1 fully saturated rings. The molecule has 23 heavy (non-hydrogen) atoms. The highest BCUT2D eigenvalue weighted by molar-refractivity contribution is 5.91. The summed E-state index contributed by atoms with van der Waals surface area (Å²) in [6.07, 6.45) is 1.62. The molecular formula is C18H19FN2O2. The van der Waals surface area contributed by atoms with Crippen LogP contribution in [0.1, 0.15) is 24.4 Å². The van der Waals surface area contributed by atoms with Gasteiger partial charge in [-0.3, -0.25) is 0 Å². The Kier molecular flexibility index (Phi) is 4.46. The van der Waals surface area contributed by atoms with Gasteiger partial charge in [-0.1, -0.05) is 30.3 Å². The maximum absolute atomic E-state index is 14.0. The van der Waals surface area contributed by atoms with Gasteiger partial charge in [-0.25, -0.2) is 9.18 Å². The lowest BCUT2D eigenvalue weighted by Crippen LogP contribution is -2.34. The van der Waals surface area contributed by atoms with Crippen molar-refractivity contribution in [1.82, 2.24) is 4.90 Å². The Labute approximate surface area is 134 Å². The molecule has 0 spiro atoms. The molecule has 3 rings (SSSR count). The molecule has 4 nitrogen and oxygen atoms in total.